The molecule has 0 bridgehead atoms. The van der Waals surface area contributed by atoms with Crippen molar-refractivity contribution in [3.63, 3.8) is 0 Å². The summed E-state index contributed by atoms with van der Waals surface area (Å²) in [4.78, 5) is 13.9. The number of hydrogen-bond acceptors (Lipinski definition) is 6. The Morgan fingerprint density at radius 3 is 2.74 bits per heavy atom. The Morgan fingerprint density at radius 1 is 1.39 bits per heavy atom. The molecule has 0 aromatic carbocycles. The first-order chi connectivity index (χ1) is 10.9. The van der Waals surface area contributed by atoms with E-state index in [2.05, 4.69) is 10.3 Å². The van der Waals surface area contributed by atoms with Crippen LogP contribution >= 0.6 is 0 Å². The molecule has 23 heavy (non-hydrogen) atoms. The molecule has 0 N–H and O–H groups in total. The number of sulfone groups is 1. The summed E-state index contributed by atoms with van der Waals surface area (Å²) in [5, 5.41) is 8.49. The van der Waals surface area contributed by atoms with Crippen LogP contribution in [-0.4, -0.2) is 66.5 Å². The van der Waals surface area contributed by atoms with Gasteiger partial charge in [-0.05, 0) is 18.8 Å². The maximum Gasteiger partial charge on any atom is 0.238 e. The molecule has 0 unspecified atom stereocenters. The van der Waals surface area contributed by atoms with Crippen molar-refractivity contribution in [3.05, 3.63) is 11.4 Å². The topological polar surface area (TPSA) is 94.4 Å². The number of nitrogens with zero attached hydrogens (tertiary/aromatic N) is 4. The number of rotatable bonds is 6. The first-order valence-corrected chi connectivity index (χ1v) is 9.83. The SMILES string of the molecule is COC[C@@H]1c2nnn(CC3CC3)c2CCN1C(=O)CS(C)(=O)=O. The van der Waals surface area contributed by atoms with Gasteiger partial charge in [-0.2, -0.15) is 0 Å². The maximum absolute atomic E-state index is 12.3. The highest BCUT2D eigenvalue weighted by molar-refractivity contribution is 7.91. The van der Waals surface area contributed by atoms with Gasteiger partial charge >= 0.3 is 0 Å². The van der Waals surface area contributed by atoms with E-state index in [4.69, 9.17) is 4.74 Å². The Hall–Kier alpha value is -1.48. The van der Waals surface area contributed by atoms with E-state index in [1.54, 1.807) is 12.0 Å². The van der Waals surface area contributed by atoms with E-state index >= 15 is 0 Å². The van der Waals surface area contributed by atoms with Crippen LogP contribution in [0.4, 0.5) is 0 Å². The van der Waals surface area contributed by atoms with Crippen molar-refractivity contribution in [2.75, 3.05) is 32.3 Å². The van der Waals surface area contributed by atoms with E-state index in [1.165, 1.54) is 12.8 Å². The normalized spacial score (nSPS) is 21.3. The number of amides is 1. The molecule has 8 nitrogen and oxygen atoms in total. The third-order valence-electron chi connectivity index (χ3n) is 4.31. The number of methoxy groups -OCH3 is 1. The molecule has 1 saturated carbocycles. The summed E-state index contributed by atoms with van der Waals surface area (Å²) >= 11 is 0. The minimum atomic E-state index is -3.36. The van der Waals surface area contributed by atoms with Crippen LogP contribution in [0, 0.1) is 5.92 Å². The molecule has 1 aliphatic heterocycles. The van der Waals surface area contributed by atoms with Gasteiger partial charge in [-0.3, -0.25) is 4.79 Å². The van der Waals surface area contributed by atoms with E-state index in [0.717, 1.165) is 24.2 Å². The average molecular weight is 342 g/mol. The molecule has 1 aromatic heterocycles. The van der Waals surface area contributed by atoms with Gasteiger partial charge in [0, 0.05) is 32.9 Å². The van der Waals surface area contributed by atoms with Crippen LogP contribution in [0.15, 0.2) is 0 Å². The van der Waals surface area contributed by atoms with Gasteiger partial charge in [-0.15, -0.1) is 5.10 Å². The fourth-order valence-corrected chi connectivity index (χ4v) is 3.63. The molecule has 1 aromatic rings. The van der Waals surface area contributed by atoms with Gasteiger partial charge in [-0.1, -0.05) is 5.21 Å². The van der Waals surface area contributed by atoms with Crippen LogP contribution in [0.5, 0.6) is 0 Å². The molecule has 1 aliphatic carbocycles. The van der Waals surface area contributed by atoms with Gasteiger partial charge in [0.25, 0.3) is 0 Å². The highest BCUT2D eigenvalue weighted by Crippen LogP contribution is 2.33. The molecule has 0 spiro atoms. The Bertz CT molecular complexity index is 696. The summed E-state index contributed by atoms with van der Waals surface area (Å²) in [5.74, 6) is -0.206. The lowest BCUT2D eigenvalue weighted by Crippen LogP contribution is -2.44. The quantitative estimate of drug-likeness (QED) is 0.711. The summed E-state index contributed by atoms with van der Waals surface area (Å²) < 4.78 is 30.0. The van der Waals surface area contributed by atoms with Crippen LogP contribution in [0.2, 0.25) is 0 Å². The summed E-state index contributed by atoms with van der Waals surface area (Å²) in [6.45, 7) is 1.62. The number of carbonyl (C=O) groups is 1. The van der Waals surface area contributed by atoms with Crippen LogP contribution in [-0.2, 0) is 32.3 Å². The van der Waals surface area contributed by atoms with Crippen LogP contribution in [0.3, 0.4) is 0 Å². The Morgan fingerprint density at radius 2 is 2.13 bits per heavy atom. The van der Waals surface area contributed by atoms with Crippen molar-refractivity contribution in [1.82, 2.24) is 19.9 Å². The van der Waals surface area contributed by atoms with Crippen molar-refractivity contribution in [1.29, 1.82) is 0 Å². The average Bonchev–Trinajstić information content (AvgIpc) is 3.17. The molecule has 3 rings (SSSR count). The number of carbonyl (C=O) groups excluding carboxylic acids is 1. The first kappa shape index (κ1) is 16.4. The second kappa shape index (κ2) is 6.20. The van der Waals surface area contributed by atoms with Crippen molar-refractivity contribution >= 4 is 15.7 Å². The molecule has 2 heterocycles. The van der Waals surface area contributed by atoms with Crippen molar-refractivity contribution in [2.45, 2.75) is 31.8 Å². The molecule has 1 amide bonds. The number of fused-ring (bicyclic) bond motifs is 1. The lowest BCUT2D eigenvalue weighted by atomic mass is 10.0. The van der Waals surface area contributed by atoms with Crippen LogP contribution < -0.4 is 0 Å². The van der Waals surface area contributed by atoms with Crippen LogP contribution in [0.25, 0.3) is 0 Å². The zero-order valence-electron chi connectivity index (χ0n) is 13.4. The number of aromatic nitrogens is 3. The van der Waals surface area contributed by atoms with Crippen molar-refractivity contribution < 1.29 is 17.9 Å². The van der Waals surface area contributed by atoms with E-state index < -0.39 is 21.5 Å². The predicted octanol–water partition coefficient (Wildman–Crippen LogP) is -0.195. The third-order valence-corrected chi connectivity index (χ3v) is 5.08. The second-order valence-electron chi connectivity index (χ2n) is 6.43. The monoisotopic (exact) mass is 342 g/mol. The summed E-state index contributed by atoms with van der Waals surface area (Å²) in [6, 6.07) is -0.369. The second-order valence-corrected chi connectivity index (χ2v) is 8.57. The zero-order valence-corrected chi connectivity index (χ0v) is 14.3. The van der Waals surface area contributed by atoms with Gasteiger partial charge in [0.2, 0.25) is 5.91 Å². The molecule has 0 saturated heterocycles. The summed E-state index contributed by atoms with van der Waals surface area (Å²) in [5.41, 5.74) is 1.78. The molecule has 9 heteroatoms. The number of ether oxygens (including phenoxy) is 1. The molecule has 0 radical (unpaired) electrons. The summed E-state index contributed by atoms with van der Waals surface area (Å²) in [7, 11) is -1.81. The Balaban J connectivity index is 1.83. The predicted molar refractivity (Wildman–Crippen MR) is 82.5 cm³/mol. The Kier molecular flexibility index (Phi) is 4.41. The first-order valence-electron chi connectivity index (χ1n) is 7.77. The fraction of sp³-hybridized carbons (Fsp3) is 0.786. The highest BCUT2D eigenvalue weighted by Gasteiger charge is 2.36. The van der Waals surface area contributed by atoms with Crippen molar-refractivity contribution in [2.24, 2.45) is 5.92 Å². The van der Waals surface area contributed by atoms with Gasteiger partial charge in [0.1, 0.15) is 17.5 Å². The highest BCUT2D eigenvalue weighted by atomic mass is 32.2. The fourth-order valence-electron chi connectivity index (χ4n) is 3.02. The molecule has 1 fully saturated rings. The largest absolute Gasteiger partial charge is 0.382 e. The molecule has 2 aliphatic rings. The van der Waals surface area contributed by atoms with Gasteiger partial charge in [0.15, 0.2) is 9.84 Å². The van der Waals surface area contributed by atoms with Gasteiger partial charge in [0.05, 0.1) is 12.3 Å². The van der Waals surface area contributed by atoms with Gasteiger partial charge in [-0.25, -0.2) is 13.1 Å². The third kappa shape index (κ3) is 3.72. The minimum Gasteiger partial charge on any atom is -0.382 e. The summed E-state index contributed by atoms with van der Waals surface area (Å²) in [6.07, 6.45) is 4.17. The molecule has 1 atom stereocenters. The number of hydrogen-bond donors (Lipinski definition) is 0. The van der Waals surface area contributed by atoms with Crippen molar-refractivity contribution in [3.8, 4) is 0 Å². The smallest absolute Gasteiger partial charge is 0.238 e. The van der Waals surface area contributed by atoms with E-state index in [1.807, 2.05) is 4.68 Å². The zero-order chi connectivity index (χ0) is 16.6. The molecule has 128 valence electrons. The lowest BCUT2D eigenvalue weighted by Gasteiger charge is -2.34. The molecular formula is C14H22N4O4S. The Labute approximate surface area is 135 Å². The molecular weight excluding hydrogens is 320 g/mol. The lowest BCUT2D eigenvalue weighted by molar-refractivity contribution is -0.132. The minimum absolute atomic E-state index is 0.282. The van der Waals surface area contributed by atoms with Gasteiger partial charge < -0.3 is 9.64 Å². The van der Waals surface area contributed by atoms with E-state index in [0.29, 0.717) is 18.9 Å². The standard InChI is InChI=1S/C14H22N4O4S/c1-22-8-12-14-11(18(16-15-14)7-10-3-4-10)5-6-17(12)13(19)9-23(2,20)21/h10,12H,3-9H2,1-2H3/t12-/m1/s1. The van der Waals surface area contributed by atoms with E-state index in [9.17, 15) is 13.2 Å². The maximum atomic E-state index is 12.3. The van der Waals surface area contributed by atoms with E-state index in [-0.39, 0.29) is 12.6 Å². The van der Waals surface area contributed by atoms with Crippen LogP contribution in [0.1, 0.15) is 30.3 Å².